The predicted octanol–water partition coefficient (Wildman–Crippen LogP) is 21.3. The number of pyridine rings is 1. The third kappa shape index (κ3) is 10.9. The van der Waals surface area contributed by atoms with Crippen molar-refractivity contribution in [3.63, 3.8) is 0 Å². The predicted molar refractivity (Wildman–Crippen MR) is 366 cm³/mol. The molecule has 0 atom stereocenters. The number of rotatable bonds is 9. The molecule has 85 heavy (non-hydrogen) atoms. The minimum absolute atomic E-state index is 0.0908. The fraction of sp³-hybridized carbons (Fsp3) is 0.316. The van der Waals surface area contributed by atoms with Gasteiger partial charge in [-0.15, -0.1) is 0 Å². The van der Waals surface area contributed by atoms with Crippen molar-refractivity contribution < 1.29 is 6.48 Å². The summed E-state index contributed by atoms with van der Waals surface area (Å²) in [6, 6.07) is 64.7. The number of aromatic nitrogens is 4. The van der Waals surface area contributed by atoms with Crippen molar-refractivity contribution in [2.24, 2.45) is 0 Å². The van der Waals surface area contributed by atoms with Gasteiger partial charge in [-0.05, 0) is 146 Å². The van der Waals surface area contributed by atoms with Crippen molar-refractivity contribution in [3.05, 3.63) is 204 Å². The lowest BCUT2D eigenvalue weighted by Crippen LogP contribution is -2.37. The lowest BCUT2D eigenvalue weighted by Gasteiger charge is -2.28. The molecular formula is C79H86N4OSi. The molecule has 3 heterocycles. The Morgan fingerprint density at radius 3 is 1.78 bits per heavy atom. The lowest BCUT2D eigenvalue weighted by molar-refractivity contribution is 0.442. The van der Waals surface area contributed by atoms with E-state index in [0.717, 1.165) is 120 Å². The minimum Gasteiger partial charge on any atom is -0.507 e. The third-order valence-corrected chi connectivity index (χ3v) is 20.0. The highest BCUT2D eigenvalue weighted by Crippen LogP contribution is 2.47. The van der Waals surface area contributed by atoms with Crippen molar-refractivity contribution in [3.8, 4) is 73.2 Å². The maximum absolute atomic E-state index is 12.8. The number of benzene rings is 8. The van der Waals surface area contributed by atoms with E-state index in [4.69, 9.17) is 9.97 Å². The zero-order valence-electron chi connectivity index (χ0n) is 54.0. The summed E-state index contributed by atoms with van der Waals surface area (Å²) in [5.41, 5.74) is 21.2. The standard InChI is InChI=1S/C79H86N4OSi/c1-76(2,3)56-44-54(43-55(45-56)67-40-42-71-73(80-67)62-29-22-23-31-68(62)82(71)58-36-33-52(34-37-58)60-39-35-53(46-65(60)78(7,8)9)50-25-18-16-19-26-50)61-30-24-32-70-72(61)81-75(64-47-57(77(4,5)6)48-66(74(64)84)79(10,11)12)83(70)69-41-38-59(85(13,14)15)49-63(69)51-27-20-17-21-28-51/h17,20-24,27-50,84H,16,18-19,25-26H2,1-15H3/i50D. The minimum atomic E-state index is -1.76. The number of nitrogens with zero attached hydrogens (tertiary/aromatic N) is 4. The van der Waals surface area contributed by atoms with Gasteiger partial charge in [0.1, 0.15) is 11.6 Å². The van der Waals surface area contributed by atoms with Gasteiger partial charge in [0.25, 0.3) is 0 Å². The summed E-state index contributed by atoms with van der Waals surface area (Å²) < 4.78 is 14.2. The summed E-state index contributed by atoms with van der Waals surface area (Å²) in [5, 5.41) is 15.2. The van der Waals surface area contributed by atoms with Gasteiger partial charge in [-0.1, -0.05) is 242 Å². The van der Waals surface area contributed by atoms with Crippen LogP contribution in [-0.2, 0) is 21.7 Å². The van der Waals surface area contributed by atoms with E-state index >= 15 is 0 Å². The molecule has 1 aliphatic rings. The number of phenolic OH excluding ortho intramolecular Hbond substituents is 1. The molecule has 8 aromatic carbocycles. The van der Waals surface area contributed by atoms with Gasteiger partial charge >= 0.3 is 0 Å². The molecular weight excluding hydrogens is 1050 g/mol. The fourth-order valence-electron chi connectivity index (χ4n) is 12.9. The van der Waals surface area contributed by atoms with Crippen LogP contribution in [0.3, 0.4) is 0 Å². The van der Waals surface area contributed by atoms with Gasteiger partial charge in [0, 0.05) is 34.7 Å². The highest BCUT2D eigenvalue weighted by molar-refractivity contribution is 6.88. The number of hydrogen-bond acceptors (Lipinski definition) is 3. The smallest absolute Gasteiger partial charge is 0.149 e. The Kier molecular flexibility index (Phi) is 14.1. The zero-order valence-corrected chi connectivity index (χ0v) is 54.0. The quantitative estimate of drug-likeness (QED) is 0.147. The zero-order chi connectivity index (χ0) is 61.0. The van der Waals surface area contributed by atoms with Crippen LogP contribution >= 0.6 is 0 Å². The molecule has 0 bridgehead atoms. The molecule has 0 aliphatic heterocycles. The van der Waals surface area contributed by atoms with E-state index < -0.39 is 14.0 Å². The van der Waals surface area contributed by atoms with Crippen LogP contribution in [0.25, 0.3) is 100 Å². The average Bonchev–Trinajstić information content (AvgIpc) is 1.59. The van der Waals surface area contributed by atoms with Gasteiger partial charge in [-0.2, -0.15) is 0 Å². The van der Waals surface area contributed by atoms with Gasteiger partial charge in [-0.3, -0.25) is 4.57 Å². The highest BCUT2D eigenvalue weighted by Gasteiger charge is 2.31. The van der Waals surface area contributed by atoms with E-state index in [-0.39, 0.29) is 27.4 Å². The Morgan fingerprint density at radius 2 is 1.09 bits per heavy atom. The molecule has 0 spiro atoms. The first-order valence-electron chi connectivity index (χ1n) is 31.5. The van der Waals surface area contributed by atoms with Crippen LogP contribution in [0.15, 0.2) is 176 Å². The molecule has 6 heteroatoms. The van der Waals surface area contributed by atoms with Gasteiger partial charge in [0.2, 0.25) is 0 Å². The van der Waals surface area contributed by atoms with E-state index in [1.807, 2.05) is 0 Å². The van der Waals surface area contributed by atoms with Crippen LogP contribution in [-0.4, -0.2) is 32.3 Å². The molecule has 5 nitrogen and oxygen atoms in total. The van der Waals surface area contributed by atoms with Crippen molar-refractivity contribution in [2.45, 2.75) is 162 Å². The molecule has 1 fully saturated rings. The molecule has 1 saturated carbocycles. The topological polar surface area (TPSA) is 55.9 Å². The third-order valence-electron chi connectivity index (χ3n) is 17.9. The van der Waals surface area contributed by atoms with Crippen LogP contribution in [0.2, 0.25) is 19.6 Å². The molecule has 0 unspecified atom stereocenters. The van der Waals surface area contributed by atoms with Crippen molar-refractivity contribution in [1.82, 2.24) is 19.1 Å². The number of imidazole rings is 1. The second-order valence-electron chi connectivity index (χ2n) is 29.4. The first-order valence-corrected chi connectivity index (χ1v) is 34.5. The summed E-state index contributed by atoms with van der Waals surface area (Å²) in [7, 11) is -1.76. The first-order chi connectivity index (χ1) is 40.6. The molecule has 1 N–H and O–H groups in total. The largest absolute Gasteiger partial charge is 0.507 e. The summed E-state index contributed by atoms with van der Waals surface area (Å²) in [6.45, 7) is 34.3. The van der Waals surface area contributed by atoms with E-state index in [0.29, 0.717) is 11.4 Å². The maximum atomic E-state index is 12.8. The number of para-hydroxylation sites is 2. The monoisotopic (exact) mass is 1140 g/mol. The van der Waals surface area contributed by atoms with Crippen molar-refractivity contribution in [2.75, 3.05) is 0 Å². The van der Waals surface area contributed by atoms with Crippen LogP contribution in [0, 0.1) is 0 Å². The molecule has 0 saturated heterocycles. The fourth-order valence-corrected chi connectivity index (χ4v) is 14.1. The van der Waals surface area contributed by atoms with Crippen LogP contribution < -0.4 is 5.19 Å². The lowest BCUT2D eigenvalue weighted by atomic mass is 9.77. The van der Waals surface area contributed by atoms with Crippen LogP contribution in [0.4, 0.5) is 0 Å². The van der Waals surface area contributed by atoms with Gasteiger partial charge in [0.05, 0.1) is 52.6 Å². The molecule has 0 amide bonds. The molecule has 12 rings (SSSR count). The molecule has 0 radical (unpaired) electrons. The summed E-state index contributed by atoms with van der Waals surface area (Å²) in [6.07, 6.45) is 5.35. The van der Waals surface area contributed by atoms with Crippen LogP contribution in [0.1, 0.15) is 150 Å². The second kappa shape index (κ2) is 21.3. The number of phenols is 1. The van der Waals surface area contributed by atoms with Gasteiger partial charge in [-0.25, -0.2) is 9.97 Å². The Hall–Kier alpha value is -7.80. The Balaban J connectivity index is 1.02. The van der Waals surface area contributed by atoms with Gasteiger partial charge < -0.3 is 9.67 Å². The summed E-state index contributed by atoms with van der Waals surface area (Å²) >= 11 is 0. The van der Waals surface area contributed by atoms with E-state index in [1.54, 1.807) is 0 Å². The average molecular weight is 1140 g/mol. The van der Waals surface area contributed by atoms with E-state index in [2.05, 4.69) is 288 Å². The van der Waals surface area contributed by atoms with Crippen molar-refractivity contribution in [1.29, 1.82) is 0 Å². The van der Waals surface area contributed by atoms with Gasteiger partial charge in [0.15, 0.2) is 0 Å². The van der Waals surface area contributed by atoms with E-state index in [9.17, 15) is 6.48 Å². The van der Waals surface area contributed by atoms with Crippen LogP contribution in [0.5, 0.6) is 5.75 Å². The Bertz CT molecular complexity index is 4410. The summed E-state index contributed by atoms with van der Waals surface area (Å²) in [4.78, 5) is 11.4. The van der Waals surface area contributed by atoms with E-state index in [1.165, 1.54) is 33.9 Å². The first kappa shape index (κ1) is 56.3. The number of fused-ring (bicyclic) bond motifs is 4. The SMILES string of the molecule is [2H]C1(c2ccc(-c3ccc(-n4c5ccccc5c5nc(-c6cc(-c7cccc8c7nc(-c7cc(C(C)(C)C)cc(C(C)(C)C)c7O)n8-c7ccc([Si](C)(C)C)cc7-c7ccccc7)cc(C(C)(C)C)c6)ccc54)cc3)c(C(C)(C)C)c2)CCCCC1. The normalized spacial score (nSPS) is 14.6. The highest BCUT2D eigenvalue weighted by atomic mass is 28.3. The molecule has 11 aromatic rings. The second-order valence-corrected chi connectivity index (χ2v) is 34.5. The maximum Gasteiger partial charge on any atom is 0.149 e. The summed E-state index contributed by atoms with van der Waals surface area (Å²) in [5.74, 6) is 0.450. The molecule has 3 aromatic heterocycles. The Morgan fingerprint density at radius 1 is 0.459 bits per heavy atom. The Labute approximate surface area is 508 Å². The van der Waals surface area contributed by atoms with Crippen molar-refractivity contribution >= 4 is 46.2 Å². The molecule has 1 aliphatic carbocycles. The number of aromatic hydroxyl groups is 1. The number of hydrogen-bond donors (Lipinski definition) is 1. The molecule has 432 valence electrons.